The van der Waals surface area contributed by atoms with Crippen molar-refractivity contribution in [2.24, 2.45) is 0 Å². The molecule has 5 heteroatoms. The lowest BCUT2D eigenvalue weighted by molar-refractivity contribution is -0.168. The second kappa shape index (κ2) is 4.26. The van der Waals surface area contributed by atoms with Crippen LogP contribution >= 0.6 is 11.6 Å². The van der Waals surface area contributed by atoms with E-state index in [9.17, 15) is 13.2 Å². The first kappa shape index (κ1) is 12.3. The molecule has 17 heavy (non-hydrogen) atoms. The number of rotatable bonds is 1. The lowest BCUT2D eigenvalue weighted by atomic mass is 10.1. The second-order valence-electron chi connectivity index (χ2n) is 4.00. The van der Waals surface area contributed by atoms with E-state index in [2.05, 4.69) is 0 Å². The molecule has 0 aromatic heterocycles. The molecule has 0 spiro atoms. The molecule has 0 radical (unpaired) electrons. The number of nitrogens with zero attached hydrogens (tertiary/aromatic N) is 1. The maximum absolute atomic E-state index is 12.7. The Balaban J connectivity index is 2.23. The molecular formula is C12H11ClF3N. The fraction of sp³-hybridized carbons (Fsp3) is 0.333. The van der Waals surface area contributed by atoms with Gasteiger partial charge < -0.3 is 4.90 Å². The molecule has 0 N–H and O–H groups in total. The Kier molecular flexibility index (Phi) is 3.08. The fourth-order valence-electron chi connectivity index (χ4n) is 1.99. The number of alkyl halides is 3. The minimum atomic E-state index is -4.20. The quantitative estimate of drug-likeness (QED) is 0.740. The third kappa shape index (κ3) is 2.41. The Hall–Kier alpha value is -1.16. The smallest absolute Gasteiger partial charge is 0.362 e. The van der Waals surface area contributed by atoms with E-state index in [0.717, 1.165) is 5.56 Å². The van der Waals surface area contributed by atoms with Gasteiger partial charge in [-0.25, -0.2) is 0 Å². The highest BCUT2D eigenvalue weighted by Crippen LogP contribution is 2.37. The molecule has 0 bridgehead atoms. The summed E-state index contributed by atoms with van der Waals surface area (Å²) in [6.45, 7) is 0. The van der Waals surface area contributed by atoms with Gasteiger partial charge in [0.1, 0.15) is 6.04 Å². The van der Waals surface area contributed by atoms with Crippen molar-refractivity contribution >= 4 is 17.3 Å². The van der Waals surface area contributed by atoms with Crippen molar-refractivity contribution < 1.29 is 13.2 Å². The van der Waals surface area contributed by atoms with Crippen LogP contribution in [0.4, 0.5) is 13.2 Å². The highest BCUT2D eigenvalue weighted by Gasteiger charge is 2.44. The van der Waals surface area contributed by atoms with Crippen LogP contribution in [0.2, 0.25) is 5.02 Å². The van der Waals surface area contributed by atoms with Crippen LogP contribution in [-0.2, 0) is 0 Å². The predicted octanol–water partition coefficient (Wildman–Crippen LogP) is 3.95. The van der Waals surface area contributed by atoms with Crippen LogP contribution in [-0.4, -0.2) is 24.2 Å². The molecule has 1 nitrogen and oxygen atoms in total. The van der Waals surface area contributed by atoms with Gasteiger partial charge in [0.2, 0.25) is 0 Å². The van der Waals surface area contributed by atoms with Gasteiger partial charge in [-0.3, -0.25) is 0 Å². The maximum atomic E-state index is 12.7. The minimum Gasteiger partial charge on any atom is -0.362 e. The van der Waals surface area contributed by atoms with E-state index in [1.807, 2.05) is 0 Å². The van der Waals surface area contributed by atoms with Crippen molar-refractivity contribution in [3.05, 3.63) is 40.9 Å². The summed E-state index contributed by atoms with van der Waals surface area (Å²) >= 11 is 5.74. The lowest BCUT2D eigenvalue weighted by Gasteiger charge is -2.27. The monoisotopic (exact) mass is 261 g/mol. The Morgan fingerprint density at radius 2 is 1.82 bits per heavy atom. The highest BCUT2D eigenvalue weighted by molar-refractivity contribution is 6.30. The molecular weight excluding hydrogens is 251 g/mol. The molecule has 1 heterocycles. The second-order valence-corrected chi connectivity index (χ2v) is 4.44. The molecule has 1 aromatic carbocycles. The van der Waals surface area contributed by atoms with Gasteiger partial charge in [0.25, 0.3) is 0 Å². The molecule has 1 aliphatic heterocycles. The van der Waals surface area contributed by atoms with Gasteiger partial charge in [0.15, 0.2) is 0 Å². The summed E-state index contributed by atoms with van der Waals surface area (Å²) in [4.78, 5) is 1.27. The van der Waals surface area contributed by atoms with Crippen LogP contribution < -0.4 is 0 Å². The van der Waals surface area contributed by atoms with Gasteiger partial charge in [-0.1, -0.05) is 29.8 Å². The number of hydrogen-bond donors (Lipinski definition) is 0. The van der Waals surface area contributed by atoms with Crippen molar-refractivity contribution in [3.8, 4) is 0 Å². The van der Waals surface area contributed by atoms with Gasteiger partial charge in [0, 0.05) is 17.8 Å². The Morgan fingerprint density at radius 1 is 1.24 bits per heavy atom. The van der Waals surface area contributed by atoms with E-state index < -0.39 is 12.2 Å². The first-order valence-corrected chi connectivity index (χ1v) is 5.53. The molecule has 0 fully saturated rings. The SMILES string of the molecule is CN1C(c2ccc(Cl)cc2)=CCC1C(F)(F)F. The largest absolute Gasteiger partial charge is 0.409 e. The van der Waals surface area contributed by atoms with Crippen molar-refractivity contribution in [2.45, 2.75) is 18.6 Å². The summed E-state index contributed by atoms with van der Waals surface area (Å²) in [5.74, 6) is 0. The number of benzene rings is 1. The highest BCUT2D eigenvalue weighted by atomic mass is 35.5. The molecule has 0 saturated heterocycles. The van der Waals surface area contributed by atoms with E-state index in [0.29, 0.717) is 10.7 Å². The molecule has 1 aliphatic rings. The van der Waals surface area contributed by atoms with Gasteiger partial charge in [-0.05, 0) is 24.1 Å². The van der Waals surface area contributed by atoms with E-state index in [1.165, 1.54) is 11.9 Å². The van der Waals surface area contributed by atoms with Crippen LogP contribution in [0.3, 0.4) is 0 Å². The molecule has 0 amide bonds. The first-order valence-electron chi connectivity index (χ1n) is 5.15. The molecule has 92 valence electrons. The third-order valence-corrected chi connectivity index (χ3v) is 3.15. The summed E-state index contributed by atoms with van der Waals surface area (Å²) in [6, 6.07) is 5.37. The van der Waals surface area contributed by atoms with Crippen molar-refractivity contribution in [2.75, 3.05) is 7.05 Å². The van der Waals surface area contributed by atoms with Crippen molar-refractivity contribution in [1.82, 2.24) is 4.90 Å². The first-order chi connectivity index (χ1) is 7.89. The van der Waals surface area contributed by atoms with Crippen LogP contribution in [0.15, 0.2) is 30.3 Å². The zero-order chi connectivity index (χ0) is 12.6. The Morgan fingerprint density at radius 3 is 2.29 bits per heavy atom. The topological polar surface area (TPSA) is 3.24 Å². The average Bonchev–Trinajstić information content (AvgIpc) is 2.61. The van der Waals surface area contributed by atoms with Crippen molar-refractivity contribution in [3.63, 3.8) is 0 Å². The summed E-state index contributed by atoms with van der Waals surface area (Å²) in [6.07, 6.45) is -2.58. The molecule has 1 unspecified atom stereocenters. The van der Waals surface area contributed by atoms with Gasteiger partial charge in [-0.15, -0.1) is 0 Å². The Bertz CT molecular complexity index is 436. The molecule has 2 rings (SSSR count). The van der Waals surface area contributed by atoms with Crippen LogP contribution in [0.1, 0.15) is 12.0 Å². The third-order valence-electron chi connectivity index (χ3n) is 2.90. The molecule has 1 aromatic rings. The minimum absolute atomic E-state index is 0.00202. The number of halogens is 4. The van der Waals surface area contributed by atoms with Crippen molar-refractivity contribution in [1.29, 1.82) is 0 Å². The summed E-state index contributed by atoms with van der Waals surface area (Å²) in [5, 5.41) is 0.572. The fourth-order valence-corrected chi connectivity index (χ4v) is 2.11. The normalized spacial score (nSPS) is 20.6. The molecule has 1 atom stereocenters. The molecule has 0 saturated carbocycles. The predicted molar refractivity (Wildman–Crippen MR) is 61.7 cm³/mol. The van der Waals surface area contributed by atoms with Crippen LogP contribution in [0, 0.1) is 0 Å². The van der Waals surface area contributed by atoms with Gasteiger partial charge in [-0.2, -0.15) is 13.2 Å². The van der Waals surface area contributed by atoms with Gasteiger partial charge >= 0.3 is 6.18 Å². The maximum Gasteiger partial charge on any atom is 0.409 e. The zero-order valence-electron chi connectivity index (χ0n) is 9.13. The van der Waals surface area contributed by atoms with E-state index in [-0.39, 0.29) is 6.42 Å². The standard InChI is InChI=1S/C12H11ClF3N/c1-17-10(6-7-11(17)12(14,15)16)8-2-4-9(13)5-3-8/h2-6,11H,7H2,1H3. The lowest BCUT2D eigenvalue weighted by Crippen LogP contribution is -2.38. The Labute approximate surface area is 102 Å². The zero-order valence-corrected chi connectivity index (χ0v) is 9.89. The van der Waals surface area contributed by atoms with Crippen LogP contribution in [0.25, 0.3) is 5.70 Å². The summed E-state index contributed by atoms with van der Waals surface area (Å²) < 4.78 is 38.0. The average molecular weight is 262 g/mol. The summed E-state index contributed by atoms with van der Waals surface area (Å²) in [5.41, 5.74) is 1.35. The van der Waals surface area contributed by atoms with E-state index >= 15 is 0 Å². The van der Waals surface area contributed by atoms with Crippen LogP contribution in [0.5, 0.6) is 0 Å². The van der Waals surface area contributed by atoms with E-state index in [1.54, 1.807) is 30.3 Å². The number of hydrogen-bond acceptors (Lipinski definition) is 1. The summed E-state index contributed by atoms with van der Waals surface area (Å²) in [7, 11) is 1.46. The van der Waals surface area contributed by atoms with Gasteiger partial charge in [0.05, 0.1) is 0 Å². The molecule has 0 aliphatic carbocycles. The van der Waals surface area contributed by atoms with E-state index in [4.69, 9.17) is 11.6 Å².